The van der Waals surface area contributed by atoms with Crippen LogP contribution in [0.3, 0.4) is 0 Å². The highest BCUT2D eigenvalue weighted by molar-refractivity contribution is 9.10. The van der Waals surface area contributed by atoms with Gasteiger partial charge >= 0.3 is 0 Å². The van der Waals surface area contributed by atoms with Crippen LogP contribution in [0.2, 0.25) is 0 Å². The minimum Gasteiger partial charge on any atom is -0.399 e. The fraction of sp³-hybridized carbons (Fsp3) is 0.0714. The van der Waals surface area contributed by atoms with E-state index in [1.54, 1.807) is 0 Å². The van der Waals surface area contributed by atoms with Gasteiger partial charge in [0.05, 0.1) is 15.7 Å². The third-order valence-corrected chi connectivity index (χ3v) is 3.39. The Hall–Kier alpha value is -2.02. The predicted molar refractivity (Wildman–Crippen MR) is 77.6 cm³/mol. The Morgan fingerprint density at radius 1 is 1.14 bits per heavy atom. The van der Waals surface area contributed by atoms with Crippen molar-refractivity contribution in [2.24, 2.45) is 0 Å². The van der Waals surface area contributed by atoms with Gasteiger partial charge in [-0.1, -0.05) is 0 Å². The molecule has 110 valence electrons. The summed E-state index contributed by atoms with van der Waals surface area (Å²) in [7, 11) is 0. The van der Waals surface area contributed by atoms with E-state index in [0.29, 0.717) is 6.07 Å². The number of hydrogen-bond acceptors (Lipinski definition) is 2. The first-order valence-electron chi connectivity index (χ1n) is 5.81. The van der Waals surface area contributed by atoms with Crippen molar-refractivity contribution in [1.82, 2.24) is 0 Å². The Morgan fingerprint density at radius 3 is 2.48 bits per heavy atom. The van der Waals surface area contributed by atoms with E-state index in [1.165, 1.54) is 13.0 Å². The number of rotatable bonds is 2. The van der Waals surface area contributed by atoms with Gasteiger partial charge in [0.2, 0.25) is 0 Å². The van der Waals surface area contributed by atoms with Gasteiger partial charge in [0.15, 0.2) is 0 Å². The number of benzene rings is 2. The highest BCUT2D eigenvalue weighted by Gasteiger charge is 2.17. The maximum atomic E-state index is 13.9. The molecule has 1 amide bonds. The van der Waals surface area contributed by atoms with Crippen LogP contribution in [0.1, 0.15) is 15.9 Å². The lowest BCUT2D eigenvalue weighted by atomic mass is 10.1. The molecule has 7 heteroatoms. The summed E-state index contributed by atoms with van der Waals surface area (Å²) in [5.41, 5.74) is 5.38. The van der Waals surface area contributed by atoms with Crippen molar-refractivity contribution < 1.29 is 18.0 Å². The van der Waals surface area contributed by atoms with Crippen molar-refractivity contribution in [3.05, 3.63) is 57.3 Å². The summed E-state index contributed by atoms with van der Waals surface area (Å²) in [6.45, 7) is 1.46. The summed E-state index contributed by atoms with van der Waals surface area (Å²) in [6.07, 6.45) is 0. The average molecular weight is 359 g/mol. The molecule has 0 heterocycles. The van der Waals surface area contributed by atoms with Crippen molar-refractivity contribution in [2.75, 3.05) is 11.1 Å². The van der Waals surface area contributed by atoms with Gasteiger partial charge in [0.25, 0.3) is 5.91 Å². The second-order valence-electron chi connectivity index (χ2n) is 4.40. The van der Waals surface area contributed by atoms with E-state index in [9.17, 15) is 18.0 Å². The number of amides is 1. The van der Waals surface area contributed by atoms with Crippen LogP contribution in [0.4, 0.5) is 24.5 Å². The molecule has 0 radical (unpaired) electrons. The van der Waals surface area contributed by atoms with Crippen LogP contribution in [0.5, 0.6) is 0 Å². The Kier molecular flexibility index (Phi) is 4.22. The van der Waals surface area contributed by atoms with Gasteiger partial charge < -0.3 is 11.1 Å². The molecule has 3 N–H and O–H groups in total. The number of halogens is 4. The Balaban J connectivity index is 2.37. The molecule has 0 atom stereocenters. The van der Waals surface area contributed by atoms with Gasteiger partial charge in [0.1, 0.15) is 17.5 Å². The minimum atomic E-state index is -0.968. The molecule has 0 aromatic heterocycles. The molecule has 0 saturated carbocycles. The summed E-state index contributed by atoms with van der Waals surface area (Å²) in [6, 6.07) is 4.19. The van der Waals surface area contributed by atoms with Crippen molar-refractivity contribution in [3.8, 4) is 0 Å². The molecular formula is C14H10BrF3N2O. The lowest BCUT2D eigenvalue weighted by molar-refractivity contribution is 0.102. The molecule has 0 saturated heterocycles. The Labute approximate surface area is 127 Å². The van der Waals surface area contributed by atoms with E-state index in [4.69, 9.17) is 5.73 Å². The largest absolute Gasteiger partial charge is 0.399 e. The quantitative estimate of drug-likeness (QED) is 0.629. The zero-order valence-electron chi connectivity index (χ0n) is 10.8. The van der Waals surface area contributed by atoms with Gasteiger partial charge in [-0.2, -0.15) is 0 Å². The predicted octanol–water partition coefficient (Wildman–Crippen LogP) is 4.01. The Morgan fingerprint density at radius 2 is 1.81 bits per heavy atom. The molecule has 0 unspecified atom stereocenters. The first-order chi connectivity index (χ1) is 9.79. The first kappa shape index (κ1) is 15.4. The summed E-state index contributed by atoms with van der Waals surface area (Å²) in [5.74, 6) is -3.40. The van der Waals surface area contributed by atoms with Gasteiger partial charge in [-0.25, -0.2) is 13.2 Å². The second-order valence-corrected chi connectivity index (χ2v) is 5.25. The summed E-state index contributed by atoms with van der Waals surface area (Å²) >= 11 is 2.88. The van der Waals surface area contributed by atoms with Crippen LogP contribution in [0.15, 0.2) is 28.7 Å². The molecule has 0 spiro atoms. The number of nitrogen functional groups attached to an aromatic ring is 1. The fourth-order valence-electron chi connectivity index (χ4n) is 1.77. The lowest BCUT2D eigenvalue weighted by Crippen LogP contribution is -2.16. The number of nitrogens with two attached hydrogens (primary N) is 1. The van der Waals surface area contributed by atoms with Crippen molar-refractivity contribution in [3.63, 3.8) is 0 Å². The van der Waals surface area contributed by atoms with E-state index in [-0.39, 0.29) is 27.0 Å². The van der Waals surface area contributed by atoms with Crippen LogP contribution >= 0.6 is 15.9 Å². The topological polar surface area (TPSA) is 55.1 Å². The van der Waals surface area contributed by atoms with Gasteiger partial charge in [-0.05, 0) is 46.6 Å². The van der Waals surface area contributed by atoms with Crippen LogP contribution in [-0.4, -0.2) is 5.91 Å². The second kappa shape index (κ2) is 5.77. The zero-order valence-corrected chi connectivity index (χ0v) is 12.4. The summed E-state index contributed by atoms with van der Waals surface area (Å²) < 4.78 is 40.6. The summed E-state index contributed by atoms with van der Waals surface area (Å²) in [5, 5.41) is 2.18. The summed E-state index contributed by atoms with van der Waals surface area (Å²) in [4.78, 5) is 12.0. The van der Waals surface area contributed by atoms with Crippen molar-refractivity contribution in [1.29, 1.82) is 0 Å². The van der Waals surface area contributed by atoms with Crippen LogP contribution in [-0.2, 0) is 0 Å². The molecule has 3 nitrogen and oxygen atoms in total. The lowest BCUT2D eigenvalue weighted by Gasteiger charge is -2.10. The van der Waals surface area contributed by atoms with Crippen LogP contribution < -0.4 is 11.1 Å². The molecule has 0 bridgehead atoms. The van der Waals surface area contributed by atoms with Gasteiger partial charge in [-0.3, -0.25) is 4.79 Å². The maximum absolute atomic E-state index is 13.9. The van der Waals surface area contributed by atoms with E-state index in [0.717, 1.165) is 12.1 Å². The number of hydrogen-bond donors (Lipinski definition) is 2. The molecule has 0 fully saturated rings. The molecule has 2 rings (SSSR count). The fourth-order valence-corrected chi connectivity index (χ4v) is 2.11. The maximum Gasteiger partial charge on any atom is 0.258 e. The monoisotopic (exact) mass is 358 g/mol. The van der Waals surface area contributed by atoms with E-state index in [2.05, 4.69) is 21.2 Å². The van der Waals surface area contributed by atoms with Gasteiger partial charge in [0, 0.05) is 11.8 Å². The highest BCUT2D eigenvalue weighted by atomic mass is 79.9. The highest BCUT2D eigenvalue weighted by Crippen LogP contribution is 2.25. The zero-order chi connectivity index (χ0) is 15.7. The van der Waals surface area contributed by atoms with E-state index < -0.39 is 23.4 Å². The molecule has 0 aliphatic carbocycles. The standard InChI is InChI=1S/C14H10BrF3N2O/c1-6-2-7(19)3-8(13(6)18)14(21)20-12-4-9(15)10(16)5-11(12)17/h2-5H,19H2,1H3,(H,20,21). The van der Waals surface area contributed by atoms with Crippen LogP contribution in [0.25, 0.3) is 0 Å². The molecule has 0 aliphatic rings. The Bertz CT molecular complexity index is 735. The average Bonchev–Trinajstić information content (AvgIpc) is 2.40. The molecule has 2 aromatic carbocycles. The van der Waals surface area contributed by atoms with Crippen molar-refractivity contribution in [2.45, 2.75) is 6.92 Å². The number of carbonyl (C=O) groups excluding carboxylic acids is 1. The first-order valence-corrected chi connectivity index (χ1v) is 6.60. The van der Waals surface area contributed by atoms with Crippen molar-refractivity contribution >= 4 is 33.2 Å². The number of nitrogens with one attached hydrogen (secondary N) is 1. The SMILES string of the molecule is Cc1cc(N)cc(C(=O)Nc2cc(Br)c(F)cc2F)c1F. The third-order valence-electron chi connectivity index (χ3n) is 2.78. The number of aryl methyl sites for hydroxylation is 1. The molecule has 21 heavy (non-hydrogen) atoms. The molecule has 0 aliphatic heterocycles. The van der Waals surface area contributed by atoms with E-state index in [1.807, 2.05) is 0 Å². The molecule has 2 aromatic rings. The van der Waals surface area contributed by atoms with E-state index >= 15 is 0 Å². The normalized spacial score (nSPS) is 10.5. The van der Waals surface area contributed by atoms with Crippen LogP contribution in [0, 0.1) is 24.4 Å². The molecular weight excluding hydrogens is 349 g/mol. The minimum absolute atomic E-state index is 0.0246. The number of anilines is 2. The smallest absolute Gasteiger partial charge is 0.258 e. The van der Waals surface area contributed by atoms with Gasteiger partial charge in [-0.15, -0.1) is 0 Å². The number of carbonyl (C=O) groups is 1. The third kappa shape index (κ3) is 3.18.